The molecule has 3 amide bonds. The van der Waals surface area contributed by atoms with Gasteiger partial charge in [-0.15, -0.1) is 0 Å². The van der Waals surface area contributed by atoms with Crippen LogP contribution >= 0.6 is 0 Å². The maximum atomic E-state index is 13.5. The number of carbonyl (C=O) groups excluding carboxylic acids is 2. The maximum absolute atomic E-state index is 13.5. The summed E-state index contributed by atoms with van der Waals surface area (Å²) in [5, 5.41) is 2.32. The van der Waals surface area contributed by atoms with Gasteiger partial charge < -0.3 is 5.32 Å². The van der Waals surface area contributed by atoms with Gasteiger partial charge in [0, 0.05) is 6.54 Å². The van der Waals surface area contributed by atoms with E-state index in [2.05, 4.69) is 5.32 Å². The number of rotatable bonds is 4. The minimum atomic E-state index is -4.15. The fourth-order valence-electron chi connectivity index (χ4n) is 1.91. The van der Waals surface area contributed by atoms with E-state index in [1.54, 1.807) is 0 Å². The summed E-state index contributed by atoms with van der Waals surface area (Å²) in [6.45, 7) is 1.04. The van der Waals surface area contributed by atoms with Crippen molar-refractivity contribution in [3.63, 3.8) is 0 Å². The molecule has 1 fully saturated rings. The van der Waals surface area contributed by atoms with E-state index >= 15 is 0 Å². The standard InChI is InChI=1S/C12H12F2N2O4S/c1-7-11(17)16(12(18)15-7)4-5-21(19,20)10-6-8(13)2-3-9(10)14/h2-3,6-7H,4-5H2,1H3,(H,15,18)/t7-/m0/s1. The molecular weight excluding hydrogens is 306 g/mol. The average molecular weight is 318 g/mol. The average Bonchev–Trinajstić information content (AvgIpc) is 2.64. The van der Waals surface area contributed by atoms with Crippen LogP contribution in [0.5, 0.6) is 0 Å². The van der Waals surface area contributed by atoms with Gasteiger partial charge in [0.25, 0.3) is 5.91 Å². The van der Waals surface area contributed by atoms with Gasteiger partial charge in [-0.2, -0.15) is 0 Å². The van der Waals surface area contributed by atoms with E-state index in [0.717, 1.165) is 11.0 Å². The summed E-state index contributed by atoms with van der Waals surface area (Å²) in [6.07, 6.45) is 0. The Bertz CT molecular complexity index is 705. The van der Waals surface area contributed by atoms with Gasteiger partial charge >= 0.3 is 6.03 Å². The normalized spacial score (nSPS) is 19.0. The molecule has 114 valence electrons. The third-order valence-corrected chi connectivity index (χ3v) is 4.74. The first-order chi connectivity index (χ1) is 9.72. The molecule has 0 bridgehead atoms. The first kappa shape index (κ1) is 15.4. The van der Waals surface area contributed by atoms with Crippen molar-refractivity contribution in [2.75, 3.05) is 12.3 Å². The molecule has 1 aromatic carbocycles. The molecule has 0 radical (unpaired) electrons. The van der Waals surface area contributed by atoms with E-state index in [4.69, 9.17) is 0 Å². The smallest absolute Gasteiger partial charge is 0.324 e. The van der Waals surface area contributed by atoms with Crippen molar-refractivity contribution in [2.24, 2.45) is 0 Å². The third-order valence-electron chi connectivity index (χ3n) is 3.03. The summed E-state index contributed by atoms with van der Waals surface area (Å²) in [6, 6.07) is 0.638. The summed E-state index contributed by atoms with van der Waals surface area (Å²) >= 11 is 0. The second-order valence-corrected chi connectivity index (χ2v) is 6.63. The van der Waals surface area contributed by atoms with Gasteiger partial charge in [0.1, 0.15) is 22.6 Å². The maximum Gasteiger partial charge on any atom is 0.324 e. The van der Waals surface area contributed by atoms with E-state index in [0.29, 0.717) is 12.1 Å². The minimum Gasteiger partial charge on any atom is -0.326 e. The highest BCUT2D eigenvalue weighted by molar-refractivity contribution is 7.91. The number of nitrogens with zero attached hydrogens (tertiary/aromatic N) is 1. The molecule has 0 aliphatic carbocycles. The minimum absolute atomic E-state index is 0.423. The summed E-state index contributed by atoms with van der Waals surface area (Å²) in [4.78, 5) is 23.0. The van der Waals surface area contributed by atoms with Crippen LogP contribution in [0.4, 0.5) is 13.6 Å². The van der Waals surface area contributed by atoms with E-state index in [1.165, 1.54) is 6.92 Å². The second-order valence-electron chi connectivity index (χ2n) is 4.55. The lowest BCUT2D eigenvalue weighted by Gasteiger charge is -2.13. The fraction of sp³-hybridized carbons (Fsp3) is 0.333. The molecular formula is C12H12F2N2O4S. The highest BCUT2D eigenvalue weighted by Gasteiger charge is 2.35. The molecule has 6 nitrogen and oxygen atoms in total. The lowest BCUT2D eigenvalue weighted by Crippen LogP contribution is -2.35. The molecule has 0 spiro atoms. The Morgan fingerprint density at radius 3 is 2.52 bits per heavy atom. The monoisotopic (exact) mass is 318 g/mol. The van der Waals surface area contributed by atoms with Crippen LogP contribution in [-0.4, -0.2) is 43.6 Å². The quantitative estimate of drug-likeness (QED) is 0.828. The van der Waals surface area contributed by atoms with Crippen molar-refractivity contribution in [1.82, 2.24) is 10.2 Å². The number of halogens is 2. The predicted octanol–water partition coefficient (Wildman–Crippen LogP) is 0.679. The van der Waals surface area contributed by atoms with Gasteiger partial charge in [-0.1, -0.05) is 0 Å². The first-order valence-corrected chi connectivity index (χ1v) is 7.67. The Labute approximate surface area is 119 Å². The van der Waals surface area contributed by atoms with Crippen LogP contribution in [0.2, 0.25) is 0 Å². The highest BCUT2D eigenvalue weighted by atomic mass is 32.2. The third kappa shape index (κ3) is 3.02. The van der Waals surface area contributed by atoms with Crippen molar-refractivity contribution in [2.45, 2.75) is 17.9 Å². The number of hydrogen-bond donors (Lipinski definition) is 1. The zero-order chi connectivity index (χ0) is 15.8. The molecule has 9 heteroatoms. The number of sulfone groups is 1. The molecule has 0 unspecified atom stereocenters. The summed E-state index contributed by atoms with van der Waals surface area (Å²) in [5.74, 6) is -3.21. The molecule has 1 N–H and O–H groups in total. The van der Waals surface area contributed by atoms with Gasteiger partial charge in [0.2, 0.25) is 0 Å². The van der Waals surface area contributed by atoms with Crippen molar-refractivity contribution in [3.8, 4) is 0 Å². The molecule has 1 aliphatic heterocycles. The molecule has 0 saturated carbocycles. The number of imide groups is 1. The molecule has 2 rings (SSSR count). The first-order valence-electron chi connectivity index (χ1n) is 6.02. The number of benzene rings is 1. The highest BCUT2D eigenvalue weighted by Crippen LogP contribution is 2.18. The molecule has 21 heavy (non-hydrogen) atoms. The van der Waals surface area contributed by atoms with Crippen LogP contribution in [0.25, 0.3) is 0 Å². The van der Waals surface area contributed by atoms with Crippen LogP contribution in [0, 0.1) is 11.6 Å². The van der Waals surface area contributed by atoms with Crippen LogP contribution in [-0.2, 0) is 14.6 Å². The van der Waals surface area contributed by atoms with Gasteiger partial charge in [0.05, 0.1) is 5.75 Å². The van der Waals surface area contributed by atoms with Crippen molar-refractivity contribution in [1.29, 1.82) is 0 Å². The Morgan fingerprint density at radius 2 is 1.95 bits per heavy atom. The molecule has 1 aromatic rings. The van der Waals surface area contributed by atoms with Gasteiger partial charge in [0.15, 0.2) is 9.84 Å². The number of urea groups is 1. The second kappa shape index (κ2) is 5.40. The fourth-order valence-corrected chi connectivity index (χ4v) is 3.21. The van der Waals surface area contributed by atoms with E-state index in [1.807, 2.05) is 0 Å². The topological polar surface area (TPSA) is 83.6 Å². The molecule has 0 aromatic heterocycles. The molecule has 1 aliphatic rings. The van der Waals surface area contributed by atoms with Crippen LogP contribution < -0.4 is 5.32 Å². The summed E-state index contributed by atoms with van der Waals surface area (Å²) in [5.41, 5.74) is 0. The van der Waals surface area contributed by atoms with E-state index < -0.39 is 56.6 Å². The Kier molecular flexibility index (Phi) is 3.95. The number of carbonyl (C=O) groups is 2. The molecule has 1 atom stereocenters. The Morgan fingerprint density at radius 1 is 1.29 bits per heavy atom. The van der Waals surface area contributed by atoms with Crippen LogP contribution in [0.3, 0.4) is 0 Å². The predicted molar refractivity (Wildman–Crippen MR) is 68.1 cm³/mol. The van der Waals surface area contributed by atoms with Crippen molar-refractivity contribution < 1.29 is 26.8 Å². The SMILES string of the molecule is C[C@@H]1NC(=O)N(CCS(=O)(=O)c2cc(F)ccc2F)C1=O. The van der Waals surface area contributed by atoms with Crippen molar-refractivity contribution >= 4 is 21.8 Å². The van der Waals surface area contributed by atoms with Crippen LogP contribution in [0.1, 0.15) is 6.92 Å². The van der Waals surface area contributed by atoms with Crippen LogP contribution in [0.15, 0.2) is 23.1 Å². The van der Waals surface area contributed by atoms with Gasteiger partial charge in [-0.3, -0.25) is 9.69 Å². The molecule has 1 saturated heterocycles. The molecule has 1 heterocycles. The largest absolute Gasteiger partial charge is 0.326 e. The van der Waals surface area contributed by atoms with Gasteiger partial charge in [-0.25, -0.2) is 22.0 Å². The Hall–Kier alpha value is -2.03. The zero-order valence-electron chi connectivity index (χ0n) is 11.0. The lowest BCUT2D eigenvalue weighted by atomic mass is 10.3. The number of hydrogen-bond acceptors (Lipinski definition) is 4. The summed E-state index contributed by atoms with van der Waals surface area (Å²) < 4.78 is 50.5. The zero-order valence-corrected chi connectivity index (χ0v) is 11.8. The van der Waals surface area contributed by atoms with Gasteiger partial charge in [-0.05, 0) is 25.1 Å². The number of nitrogens with one attached hydrogen (secondary N) is 1. The van der Waals surface area contributed by atoms with E-state index in [-0.39, 0.29) is 0 Å². The van der Waals surface area contributed by atoms with E-state index in [9.17, 15) is 26.8 Å². The number of amides is 3. The Balaban J connectivity index is 2.17. The summed E-state index contributed by atoms with van der Waals surface area (Å²) in [7, 11) is -4.15. The lowest BCUT2D eigenvalue weighted by molar-refractivity contribution is -0.126. The van der Waals surface area contributed by atoms with Crippen molar-refractivity contribution in [3.05, 3.63) is 29.8 Å².